The number of carbonyl (C=O) groups is 1. The van der Waals surface area contributed by atoms with Gasteiger partial charge in [0.2, 0.25) is 0 Å². The number of nitrogen functional groups attached to an aromatic ring is 1. The monoisotopic (exact) mass is 254 g/mol. The number of aliphatic hydroxyl groups excluding tert-OH is 1. The van der Waals surface area contributed by atoms with Crippen molar-refractivity contribution in [3.63, 3.8) is 0 Å². The van der Waals surface area contributed by atoms with Crippen LogP contribution in [0.15, 0.2) is 18.2 Å². The van der Waals surface area contributed by atoms with Crippen molar-refractivity contribution in [2.24, 2.45) is 0 Å². The van der Waals surface area contributed by atoms with Gasteiger partial charge in [0.05, 0.1) is 28.9 Å². The van der Waals surface area contributed by atoms with Gasteiger partial charge in [0.15, 0.2) is 0 Å². The van der Waals surface area contributed by atoms with Crippen molar-refractivity contribution < 1.29 is 9.90 Å². The van der Waals surface area contributed by atoms with E-state index in [0.29, 0.717) is 22.8 Å². The average Bonchev–Trinajstić information content (AvgIpc) is 2.80. The van der Waals surface area contributed by atoms with E-state index in [1.54, 1.807) is 23.1 Å². The molecule has 2 rings (SSSR count). The Morgan fingerprint density at radius 3 is 3.06 bits per heavy atom. The largest absolute Gasteiger partial charge is 0.398 e. The summed E-state index contributed by atoms with van der Waals surface area (Å²) in [4.78, 5) is 13.9. The lowest BCUT2D eigenvalue weighted by molar-refractivity contribution is 0.0678. The van der Waals surface area contributed by atoms with Crippen LogP contribution in [0.5, 0.6) is 0 Å². The van der Waals surface area contributed by atoms with Gasteiger partial charge in [-0.05, 0) is 25.0 Å². The highest BCUT2D eigenvalue weighted by atomic mass is 35.5. The Balaban J connectivity index is 2.28. The minimum Gasteiger partial charge on any atom is -0.398 e. The summed E-state index contributed by atoms with van der Waals surface area (Å²) in [5, 5.41) is 9.50. The molecule has 0 bridgehead atoms. The minimum atomic E-state index is -0.154. The van der Waals surface area contributed by atoms with Crippen molar-refractivity contribution in [2.45, 2.75) is 18.9 Å². The molecule has 1 aliphatic heterocycles. The van der Waals surface area contributed by atoms with Crippen LogP contribution in [0, 0.1) is 0 Å². The van der Waals surface area contributed by atoms with E-state index < -0.39 is 0 Å². The number of nitrogens with two attached hydrogens (primary N) is 1. The number of rotatable bonds is 2. The van der Waals surface area contributed by atoms with E-state index in [0.717, 1.165) is 12.8 Å². The summed E-state index contributed by atoms with van der Waals surface area (Å²) in [5.74, 6) is -0.154. The minimum absolute atomic E-state index is 0.00826. The molecule has 1 aliphatic rings. The Labute approximate surface area is 105 Å². The summed E-state index contributed by atoms with van der Waals surface area (Å²) in [5.41, 5.74) is 6.48. The normalized spacial score (nSPS) is 19.6. The summed E-state index contributed by atoms with van der Waals surface area (Å²) >= 11 is 6.02. The lowest BCUT2D eigenvalue weighted by Crippen LogP contribution is -2.37. The molecule has 3 N–H and O–H groups in total. The van der Waals surface area contributed by atoms with Crippen molar-refractivity contribution in [1.29, 1.82) is 0 Å². The zero-order valence-corrected chi connectivity index (χ0v) is 10.2. The Hall–Kier alpha value is -1.26. The van der Waals surface area contributed by atoms with Gasteiger partial charge in [0.1, 0.15) is 0 Å². The molecule has 0 aliphatic carbocycles. The van der Waals surface area contributed by atoms with Crippen molar-refractivity contribution in [2.75, 3.05) is 18.9 Å². The first-order valence-corrected chi connectivity index (χ1v) is 5.98. The lowest BCUT2D eigenvalue weighted by atomic mass is 10.1. The number of halogens is 1. The number of benzene rings is 1. The van der Waals surface area contributed by atoms with Gasteiger partial charge in [0.25, 0.3) is 5.91 Å². The van der Waals surface area contributed by atoms with Crippen LogP contribution in [0.4, 0.5) is 5.69 Å². The maximum atomic E-state index is 12.3. The Morgan fingerprint density at radius 1 is 1.59 bits per heavy atom. The second-order valence-corrected chi connectivity index (χ2v) is 4.56. The van der Waals surface area contributed by atoms with Crippen molar-refractivity contribution >= 4 is 23.2 Å². The molecular weight excluding hydrogens is 240 g/mol. The molecule has 1 atom stereocenters. The molecule has 92 valence electrons. The standard InChI is InChI=1S/C12H15ClN2O2/c13-11-9(4-1-5-10(11)14)12(17)15-6-2-3-8(15)7-16/h1,4-5,8,16H,2-3,6-7,14H2. The number of nitrogens with zero attached hydrogens (tertiary/aromatic N) is 1. The van der Waals surface area contributed by atoms with Crippen molar-refractivity contribution in [1.82, 2.24) is 4.90 Å². The Bertz CT molecular complexity index is 437. The molecule has 0 aromatic heterocycles. The van der Waals surface area contributed by atoms with E-state index in [4.69, 9.17) is 17.3 Å². The van der Waals surface area contributed by atoms with Crippen molar-refractivity contribution in [3.05, 3.63) is 28.8 Å². The first-order valence-electron chi connectivity index (χ1n) is 5.61. The maximum absolute atomic E-state index is 12.3. The zero-order valence-electron chi connectivity index (χ0n) is 9.40. The molecule has 1 amide bonds. The molecule has 1 fully saturated rings. The smallest absolute Gasteiger partial charge is 0.255 e. The highest BCUT2D eigenvalue weighted by Gasteiger charge is 2.29. The molecule has 5 heteroatoms. The Kier molecular flexibility index (Phi) is 3.54. The van der Waals surface area contributed by atoms with E-state index in [1.807, 2.05) is 0 Å². The van der Waals surface area contributed by atoms with Crippen LogP contribution in [-0.2, 0) is 0 Å². The fraction of sp³-hybridized carbons (Fsp3) is 0.417. The van der Waals surface area contributed by atoms with Gasteiger partial charge in [-0.15, -0.1) is 0 Å². The molecule has 1 unspecified atom stereocenters. The number of amides is 1. The van der Waals surface area contributed by atoms with Crippen LogP contribution < -0.4 is 5.73 Å². The predicted octanol–water partition coefficient (Wildman–Crippen LogP) is 1.52. The SMILES string of the molecule is Nc1cccc(C(=O)N2CCCC2CO)c1Cl. The fourth-order valence-electron chi connectivity index (χ4n) is 2.16. The maximum Gasteiger partial charge on any atom is 0.255 e. The summed E-state index contributed by atoms with van der Waals surface area (Å²) in [6.07, 6.45) is 1.75. The molecule has 17 heavy (non-hydrogen) atoms. The number of hydrogen-bond donors (Lipinski definition) is 2. The number of hydrogen-bond acceptors (Lipinski definition) is 3. The van der Waals surface area contributed by atoms with E-state index >= 15 is 0 Å². The second kappa shape index (κ2) is 4.94. The van der Waals surface area contributed by atoms with Gasteiger partial charge in [-0.1, -0.05) is 17.7 Å². The van der Waals surface area contributed by atoms with Crippen LogP contribution in [0.2, 0.25) is 5.02 Å². The summed E-state index contributed by atoms with van der Waals surface area (Å²) in [6, 6.07) is 4.93. The molecular formula is C12H15ClN2O2. The predicted molar refractivity (Wildman–Crippen MR) is 67.0 cm³/mol. The van der Waals surface area contributed by atoms with E-state index in [1.165, 1.54) is 0 Å². The molecule has 1 saturated heterocycles. The van der Waals surface area contributed by atoms with E-state index in [9.17, 15) is 9.90 Å². The van der Waals surface area contributed by atoms with Crippen LogP contribution in [0.25, 0.3) is 0 Å². The molecule has 0 radical (unpaired) electrons. The van der Waals surface area contributed by atoms with Gasteiger partial charge >= 0.3 is 0 Å². The molecule has 4 nitrogen and oxygen atoms in total. The molecule has 1 heterocycles. The van der Waals surface area contributed by atoms with E-state index in [-0.39, 0.29) is 18.6 Å². The van der Waals surface area contributed by atoms with Gasteiger partial charge in [-0.3, -0.25) is 4.79 Å². The average molecular weight is 255 g/mol. The molecule has 1 aromatic carbocycles. The highest BCUT2D eigenvalue weighted by molar-refractivity contribution is 6.36. The first kappa shape index (κ1) is 12.2. The third-order valence-corrected chi connectivity index (χ3v) is 3.53. The topological polar surface area (TPSA) is 66.6 Å². The van der Waals surface area contributed by atoms with Gasteiger partial charge < -0.3 is 15.7 Å². The van der Waals surface area contributed by atoms with Crippen LogP contribution in [0.1, 0.15) is 23.2 Å². The lowest BCUT2D eigenvalue weighted by Gasteiger charge is -2.23. The quantitative estimate of drug-likeness (QED) is 0.787. The van der Waals surface area contributed by atoms with Crippen LogP contribution in [0.3, 0.4) is 0 Å². The van der Waals surface area contributed by atoms with E-state index in [2.05, 4.69) is 0 Å². The first-order chi connectivity index (χ1) is 8.15. The number of anilines is 1. The number of aliphatic hydroxyl groups is 1. The molecule has 0 saturated carbocycles. The highest BCUT2D eigenvalue weighted by Crippen LogP contribution is 2.27. The summed E-state index contributed by atoms with van der Waals surface area (Å²) in [7, 11) is 0. The van der Waals surface area contributed by atoms with Crippen LogP contribution in [-0.4, -0.2) is 35.1 Å². The summed E-state index contributed by atoms with van der Waals surface area (Å²) < 4.78 is 0. The fourth-order valence-corrected chi connectivity index (χ4v) is 2.37. The van der Waals surface area contributed by atoms with Gasteiger partial charge in [-0.25, -0.2) is 0 Å². The van der Waals surface area contributed by atoms with Gasteiger partial charge in [0, 0.05) is 6.54 Å². The zero-order chi connectivity index (χ0) is 12.4. The Morgan fingerprint density at radius 2 is 2.35 bits per heavy atom. The number of likely N-dealkylation sites (tertiary alicyclic amines) is 1. The van der Waals surface area contributed by atoms with Gasteiger partial charge in [-0.2, -0.15) is 0 Å². The second-order valence-electron chi connectivity index (χ2n) is 4.19. The molecule has 1 aromatic rings. The third kappa shape index (κ3) is 2.23. The molecule has 0 spiro atoms. The summed E-state index contributed by atoms with van der Waals surface area (Å²) in [6.45, 7) is 0.654. The van der Waals surface area contributed by atoms with Crippen molar-refractivity contribution in [3.8, 4) is 0 Å². The van der Waals surface area contributed by atoms with Crippen LogP contribution >= 0.6 is 11.6 Å². The number of carbonyl (C=O) groups excluding carboxylic acids is 1. The third-order valence-electron chi connectivity index (χ3n) is 3.11.